The van der Waals surface area contributed by atoms with Crippen molar-refractivity contribution in [1.29, 1.82) is 0 Å². The fraction of sp³-hybridized carbons (Fsp3) is 0.0357. The fourth-order valence-electron chi connectivity index (χ4n) is 3.86. The van der Waals surface area contributed by atoms with Crippen LogP contribution in [0.25, 0.3) is 17.1 Å². The first-order chi connectivity index (χ1) is 17.9. The molecular formula is C28H18Cl2FN3O2S. The molecule has 5 rings (SSSR count). The summed E-state index contributed by atoms with van der Waals surface area (Å²) in [5.74, 6) is -1.00. The third-order valence-electron chi connectivity index (χ3n) is 5.66. The predicted molar refractivity (Wildman–Crippen MR) is 144 cm³/mol. The van der Waals surface area contributed by atoms with Gasteiger partial charge in [-0.15, -0.1) is 10.2 Å². The monoisotopic (exact) mass is 549 g/mol. The van der Waals surface area contributed by atoms with Gasteiger partial charge in [-0.25, -0.2) is 9.18 Å². The molecule has 1 aromatic heterocycles. The number of nitrogens with zero attached hydrogens (tertiary/aromatic N) is 3. The van der Waals surface area contributed by atoms with Crippen molar-refractivity contribution in [3.63, 3.8) is 0 Å². The lowest BCUT2D eigenvalue weighted by molar-refractivity contribution is 0.0697. The topological polar surface area (TPSA) is 68.0 Å². The van der Waals surface area contributed by atoms with E-state index < -0.39 is 11.8 Å². The van der Waals surface area contributed by atoms with Crippen molar-refractivity contribution < 1.29 is 14.3 Å². The van der Waals surface area contributed by atoms with Crippen molar-refractivity contribution in [2.75, 3.05) is 0 Å². The molecule has 0 saturated carbocycles. The molecule has 9 heteroatoms. The SMILES string of the molecule is O=C(O)c1ccc(-n2c(SC(c3ccc(Cl)cc3)c3ccc(Cl)cc3)nnc2-c2cccc(F)c2)cc1. The molecule has 0 aliphatic heterocycles. The number of benzene rings is 4. The number of aromatic nitrogens is 3. The molecule has 1 N–H and O–H groups in total. The van der Waals surface area contributed by atoms with Crippen LogP contribution in [0.5, 0.6) is 0 Å². The van der Waals surface area contributed by atoms with Crippen LogP contribution in [0, 0.1) is 5.82 Å². The zero-order valence-electron chi connectivity index (χ0n) is 19.1. The van der Waals surface area contributed by atoms with Crippen LogP contribution in [-0.4, -0.2) is 25.8 Å². The van der Waals surface area contributed by atoms with Gasteiger partial charge in [-0.1, -0.05) is 71.4 Å². The first-order valence-electron chi connectivity index (χ1n) is 11.1. The molecule has 0 unspecified atom stereocenters. The van der Waals surface area contributed by atoms with Gasteiger partial charge in [-0.3, -0.25) is 4.57 Å². The van der Waals surface area contributed by atoms with Crippen molar-refractivity contribution in [2.45, 2.75) is 10.4 Å². The molecular weight excluding hydrogens is 532 g/mol. The number of rotatable bonds is 7. The number of halogens is 3. The quantitative estimate of drug-likeness (QED) is 0.208. The minimum Gasteiger partial charge on any atom is -0.478 e. The number of thioether (sulfide) groups is 1. The number of hydrogen-bond donors (Lipinski definition) is 1. The smallest absolute Gasteiger partial charge is 0.335 e. The second kappa shape index (κ2) is 10.8. The maximum Gasteiger partial charge on any atom is 0.335 e. The molecule has 0 spiro atoms. The summed E-state index contributed by atoms with van der Waals surface area (Å²) in [4.78, 5) is 11.4. The van der Waals surface area contributed by atoms with E-state index in [1.165, 1.54) is 36.0 Å². The van der Waals surface area contributed by atoms with Gasteiger partial charge in [0.15, 0.2) is 11.0 Å². The van der Waals surface area contributed by atoms with E-state index in [0.29, 0.717) is 32.3 Å². The van der Waals surface area contributed by atoms with Crippen LogP contribution in [0.4, 0.5) is 4.39 Å². The highest BCUT2D eigenvalue weighted by atomic mass is 35.5. The summed E-state index contributed by atoms with van der Waals surface area (Å²) in [7, 11) is 0. The van der Waals surface area contributed by atoms with E-state index in [4.69, 9.17) is 23.2 Å². The summed E-state index contributed by atoms with van der Waals surface area (Å²) in [6.45, 7) is 0. The van der Waals surface area contributed by atoms with Gasteiger partial charge in [0.05, 0.1) is 10.8 Å². The molecule has 0 aliphatic rings. The lowest BCUT2D eigenvalue weighted by atomic mass is 10.0. The Morgan fingerprint density at radius 3 is 1.97 bits per heavy atom. The summed E-state index contributed by atoms with van der Waals surface area (Å²) in [6, 6.07) is 27.6. The van der Waals surface area contributed by atoms with Crippen molar-refractivity contribution in [3.8, 4) is 17.1 Å². The van der Waals surface area contributed by atoms with Gasteiger partial charge in [0.1, 0.15) is 5.82 Å². The number of aromatic carboxylic acids is 1. The Balaban J connectivity index is 1.65. The van der Waals surface area contributed by atoms with E-state index in [1.807, 2.05) is 48.5 Å². The Labute approximate surface area is 226 Å². The lowest BCUT2D eigenvalue weighted by Gasteiger charge is -2.19. The lowest BCUT2D eigenvalue weighted by Crippen LogP contribution is -2.04. The Morgan fingerprint density at radius 2 is 1.43 bits per heavy atom. The molecule has 0 atom stereocenters. The molecule has 5 nitrogen and oxygen atoms in total. The van der Waals surface area contributed by atoms with Crippen LogP contribution in [-0.2, 0) is 0 Å². The van der Waals surface area contributed by atoms with E-state index in [1.54, 1.807) is 28.8 Å². The fourth-order valence-corrected chi connectivity index (χ4v) is 5.29. The van der Waals surface area contributed by atoms with Crippen molar-refractivity contribution in [2.24, 2.45) is 0 Å². The van der Waals surface area contributed by atoms with Crippen LogP contribution in [0.3, 0.4) is 0 Å². The maximum atomic E-state index is 14.1. The largest absolute Gasteiger partial charge is 0.478 e. The zero-order chi connectivity index (χ0) is 25.9. The third kappa shape index (κ3) is 5.54. The minimum absolute atomic E-state index is 0.151. The number of carboxylic acids is 1. The highest BCUT2D eigenvalue weighted by molar-refractivity contribution is 7.99. The van der Waals surface area contributed by atoms with Gasteiger partial charge >= 0.3 is 5.97 Å². The van der Waals surface area contributed by atoms with Crippen LogP contribution >= 0.6 is 35.0 Å². The molecule has 0 saturated heterocycles. The van der Waals surface area contributed by atoms with Gasteiger partial charge in [-0.05, 0) is 71.8 Å². The zero-order valence-corrected chi connectivity index (χ0v) is 21.4. The summed E-state index contributed by atoms with van der Waals surface area (Å²) in [6.07, 6.45) is 0. The molecule has 0 aliphatic carbocycles. The summed E-state index contributed by atoms with van der Waals surface area (Å²) in [5.41, 5.74) is 3.30. The molecule has 0 amide bonds. The van der Waals surface area contributed by atoms with Crippen molar-refractivity contribution in [3.05, 3.63) is 130 Å². The number of carbonyl (C=O) groups is 1. The molecule has 0 bridgehead atoms. The van der Waals surface area contributed by atoms with Gasteiger partial charge in [-0.2, -0.15) is 0 Å². The second-order valence-electron chi connectivity index (χ2n) is 8.10. The summed E-state index contributed by atoms with van der Waals surface area (Å²) < 4.78 is 15.9. The van der Waals surface area contributed by atoms with Crippen molar-refractivity contribution in [1.82, 2.24) is 14.8 Å². The van der Waals surface area contributed by atoms with Gasteiger partial charge in [0, 0.05) is 21.3 Å². The average Bonchev–Trinajstić information content (AvgIpc) is 3.32. The Bertz CT molecular complexity index is 1510. The second-order valence-corrected chi connectivity index (χ2v) is 10.1. The van der Waals surface area contributed by atoms with Gasteiger partial charge in [0.2, 0.25) is 0 Å². The summed E-state index contributed by atoms with van der Waals surface area (Å²) in [5, 5.41) is 19.8. The molecule has 4 aromatic carbocycles. The normalized spacial score (nSPS) is 11.1. The molecule has 37 heavy (non-hydrogen) atoms. The molecule has 184 valence electrons. The van der Waals surface area contributed by atoms with E-state index in [-0.39, 0.29) is 10.8 Å². The van der Waals surface area contributed by atoms with Gasteiger partial charge < -0.3 is 5.11 Å². The Morgan fingerprint density at radius 1 is 0.838 bits per heavy atom. The highest BCUT2D eigenvalue weighted by Crippen LogP contribution is 2.42. The minimum atomic E-state index is -1.03. The first kappa shape index (κ1) is 25.0. The first-order valence-corrected chi connectivity index (χ1v) is 12.8. The highest BCUT2D eigenvalue weighted by Gasteiger charge is 2.23. The number of carboxylic acid groups (broad SMARTS) is 1. The molecule has 0 fully saturated rings. The van der Waals surface area contributed by atoms with Crippen LogP contribution < -0.4 is 0 Å². The van der Waals surface area contributed by atoms with E-state index >= 15 is 0 Å². The van der Waals surface area contributed by atoms with Gasteiger partial charge in [0.25, 0.3) is 0 Å². The van der Waals surface area contributed by atoms with Crippen molar-refractivity contribution >= 4 is 40.9 Å². The predicted octanol–water partition coefficient (Wildman–Crippen LogP) is 7.96. The van der Waals surface area contributed by atoms with E-state index in [2.05, 4.69) is 10.2 Å². The Kier molecular flexibility index (Phi) is 7.28. The summed E-state index contributed by atoms with van der Waals surface area (Å²) >= 11 is 13.7. The van der Waals surface area contributed by atoms with Crippen LogP contribution in [0.2, 0.25) is 10.0 Å². The molecule has 5 aromatic rings. The third-order valence-corrected chi connectivity index (χ3v) is 7.42. The Hall–Kier alpha value is -3.65. The van der Waals surface area contributed by atoms with Crippen LogP contribution in [0.15, 0.2) is 102 Å². The van der Waals surface area contributed by atoms with E-state index in [0.717, 1.165) is 11.1 Å². The standard InChI is InChI=1S/C28H18Cl2FN3O2S/c29-21-10-4-17(5-11-21)25(18-6-12-22(30)13-7-18)37-28-33-32-26(20-2-1-3-23(31)16-20)34(28)24-14-8-19(9-15-24)27(35)36/h1-16,25H,(H,35,36). The van der Waals surface area contributed by atoms with E-state index in [9.17, 15) is 14.3 Å². The average molecular weight is 550 g/mol. The number of hydrogen-bond acceptors (Lipinski definition) is 4. The molecule has 0 radical (unpaired) electrons. The van der Waals surface area contributed by atoms with Crippen LogP contribution in [0.1, 0.15) is 26.7 Å². The maximum absolute atomic E-state index is 14.1. The molecule has 1 heterocycles.